The van der Waals surface area contributed by atoms with Crippen molar-refractivity contribution in [2.75, 3.05) is 0 Å². The highest BCUT2D eigenvalue weighted by Crippen LogP contribution is 2.45. The van der Waals surface area contributed by atoms with E-state index in [1.807, 2.05) is 23.5 Å². The fourth-order valence-electron chi connectivity index (χ4n) is 8.74. The Morgan fingerprint density at radius 3 is 1.76 bits per heavy atom. The Balaban J connectivity index is 1.13. The largest absolute Gasteiger partial charge is 0.247 e. The van der Waals surface area contributed by atoms with E-state index in [-0.39, 0.29) is 12.1 Å². The van der Waals surface area contributed by atoms with Crippen molar-refractivity contribution in [2.45, 2.75) is 45.8 Å². The maximum absolute atomic E-state index is 2.48. The van der Waals surface area contributed by atoms with Gasteiger partial charge in [-0.05, 0) is 118 Å². The highest BCUT2D eigenvalue weighted by molar-refractivity contribution is 8.01. The highest BCUT2D eigenvalue weighted by Gasteiger charge is 2.39. The Morgan fingerprint density at radius 1 is 0.412 bits per heavy atom. The third kappa shape index (κ3) is 4.44. The molecular formula is C48H33BS2. The molecule has 0 saturated carbocycles. The van der Waals surface area contributed by atoms with Crippen LogP contribution in [0, 0.1) is 0 Å². The van der Waals surface area contributed by atoms with Crippen LogP contribution in [0.15, 0.2) is 165 Å². The van der Waals surface area contributed by atoms with Crippen LogP contribution in [0.2, 0.25) is 0 Å². The standard InChI is InChI=1S/C48H33BS2/c1-48(2,3)34-26-43-47-44(27-34)51-42-25-31(18-20-39(42)49(47)40-24-30(19-21-41(40)50-43)28-10-5-4-6-11-28)33-22-32-14-9-16-36-35-15-7-12-29-13-8-17-37(45(29)35)38(23-33)46(32)36/h4-27H,1-3H3. The zero-order valence-electron chi connectivity index (χ0n) is 28.8. The van der Waals surface area contributed by atoms with Crippen LogP contribution in [-0.4, -0.2) is 6.71 Å². The van der Waals surface area contributed by atoms with Crippen molar-refractivity contribution in [1.82, 2.24) is 0 Å². The summed E-state index contributed by atoms with van der Waals surface area (Å²) in [5, 5.41) is 10.7. The molecule has 0 unspecified atom stereocenters. The average molecular weight is 685 g/mol. The van der Waals surface area contributed by atoms with Crippen LogP contribution < -0.4 is 16.4 Å². The Kier molecular flexibility index (Phi) is 6.29. The van der Waals surface area contributed by atoms with Crippen LogP contribution in [0.1, 0.15) is 26.3 Å². The highest BCUT2D eigenvalue weighted by atomic mass is 32.2. The van der Waals surface area contributed by atoms with Crippen molar-refractivity contribution in [3.8, 4) is 22.3 Å². The van der Waals surface area contributed by atoms with Gasteiger partial charge in [-0.2, -0.15) is 0 Å². The second-order valence-electron chi connectivity index (χ2n) is 15.3. The molecule has 0 nitrogen and oxygen atoms in total. The molecule has 9 aromatic rings. The van der Waals surface area contributed by atoms with Gasteiger partial charge < -0.3 is 0 Å². The minimum absolute atomic E-state index is 0.0640. The van der Waals surface area contributed by atoms with E-state index < -0.39 is 0 Å². The summed E-state index contributed by atoms with van der Waals surface area (Å²) in [4.78, 5) is 5.53. The molecule has 11 rings (SSSR count). The van der Waals surface area contributed by atoms with E-state index >= 15 is 0 Å². The Morgan fingerprint density at radius 2 is 1.04 bits per heavy atom. The molecular weight excluding hydrogens is 651 g/mol. The monoisotopic (exact) mass is 684 g/mol. The second kappa shape index (κ2) is 10.8. The van der Waals surface area contributed by atoms with E-state index in [0.717, 1.165) is 0 Å². The number of hydrogen-bond donors (Lipinski definition) is 0. The zero-order valence-corrected chi connectivity index (χ0v) is 30.4. The van der Waals surface area contributed by atoms with Crippen LogP contribution in [0.5, 0.6) is 0 Å². The first-order valence-electron chi connectivity index (χ1n) is 17.9. The second-order valence-corrected chi connectivity index (χ2v) is 17.4. The van der Waals surface area contributed by atoms with Crippen molar-refractivity contribution in [2.24, 2.45) is 0 Å². The molecule has 0 aromatic heterocycles. The Bertz CT molecular complexity index is 2890. The van der Waals surface area contributed by atoms with Gasteiger partial charge in [-0.1, -0.05) is 164 Å². The fourth-order valence-corrected chi connectivity index (χ4v) is 11.2. The number of hydrogen-bond acceptors (Lipinski definition) is 2. The zero-order chi connectivity index (χ0) is 34.0. The van der Waals surface area contributed by atoms with E-state index in [0.29, 0.717) is 0 Å². The third-order valence-electron chi connectivity index (χ3n) is 11.2. The van der Waals surface area contributed by atoms with Gasteiger partial charge >= 0.3 is 0 Å². The first-order chi connectivity index (χ1) is 24.9. The van der Waals surface area contributed by atoms with Gasteiger partial charge in [-0.15, -0.1) is 0 Å². The van der Waals surface area contributed by atoms with Crippen LogP contribution in [-0.2, 0) is 5.41 Å². The molecule has 9 aromatic carbocycles. The van der Waals surface area contributed by atoms with Crippen molar-refractivity contribution in [3.05, 3.63) is 151 Å². The minimum atomic E-state index is 0.0640. The van der Waals surface area contributed by atoms with Gasteiger partial charge in [0.25, 0.3) is 0 Å². The van der Waals surface area contributed by atoms with E-state index in [1.165, 1.54) is 107 Å². The van der Waals surface area contributed by atoms with Gasteiger partial charge in [-0.25, -0.2) is 0 Å². The lowest BCUT2D eigenvalue weighted by molar-refractivity contribution is 0.587. The molecule has 0 N–H and O–H groups in total. The van der Waals surface area contributed by atoms with E-state index in [2.05, 4.69) is 166 Å². The van der Waals surface area contributed by atoms with Crippen LogP contribution in [0.3, 0.4) is 0 Å². The molecule has 51 heavy (non-hydrogen) atoms. The molecule has 0 aliphatic carbocycles. The first-order valence-corrected chi connectivity index (χ1v) is 19.5. The number of benzene rings is 9. The summed E-state index contributed by atoms with van der Waals surface area (Å²) < 4.78 is 0. The molecule has 2 heterocycles. The van der Waals surface area contributed by atoms with E-state index in [1.54, 1.807) is 0 Å². The van der Waals surface area contributed by atoms with Crippen molar-refractivity contribution in [3.63, 3.8) is 0 Å². The topological polar surface area (TPSA) is 0 Å². The molecule has 0 amide bonds. The van der Waals surface area contributed by atoms with Crippen LogP contribution >= 0.6 is 23.5 Å². The number of fused-ring (bicyclic) bond motifs is 6. The van der Waals surface area contributed by atoms with E-state index in [4.69, 9.17) is 0 Å². The third-order valence-corrected chi connectivity index (χ3v) is 13.5. The van der Waals surface area contributed by atoms with Gasteiger partial charge in [0.15, 0.2) is 0 Å². The van der Waals surface area contributed by atoms with Crippen molar-refractivity contribution < 1.29 is 0 Å². The maximum atomic E-state index is 2.48. The normalized spacial score (nSPS) is 13.6. The summed E-state index contributed by atoms with van der Waals surface area (Å²) in [6.07, 6.45) is 0. The van der Waals surface area contributed by atoms with Gasteiger partial charge in [0.05, 0.1) is 0 Å². The molecule has 2 aliphatic rings. The molecule has 2 aliphatic heterocycles. The van der Waals surface area contributed by atoms with Gasteiger partial charge in [-0.3, -0.25) is 0 Å². The maximum Gasteiger partial charge on any atom is 0.247 e. The minimum Gasteiger partial charge on any atom is -0.0911 e. The molecule has 0 fully saturated rings. The molecule has 0 atom stereocenters. The predicted molar refractivity (Wildman–Crippen MR) is 223 cm³/mol. The van der Waals surface area contributed by atoms with Crippen LogP contribution in [0.25, 0.3) is 65.3 Å². The Hall–Kier alpha value is -4.96. The van der Waals surface area contributed by atoms with Crippen molar-refractivity contribution in [1.29, 1.82) is 0 Å². The summed E-state index contributed by atoms with van der Waals surface area (Å²) in [7, 11) is 0. The summed E-state index contributed by atoms with van der Waals surface area (Å²) in [6, 6.07) is 55.4. The number of rotatable bonds is 2. The van der Waals surface area contributed by atoms with Gasteiger partial charge in [0.2, 0.25) is 6.71 Å². The lowest BCUT2D eigenvalue weighted by atomic mass is 9.36. The van der Waals surface area contributed by atoms with Crippen molar-refractivity contribution >= 4 is 89.7 Å². The summed E-state index contributed by atoms with van der Waals surface area (Å²) in [5.41, 5.74) is 10.9. The lowest BCUT2D eigenvalue weighted by Gasteiger charge is -2.35. The summed E-state index contributed by atoms with van der Waals surface area (Å²) >= 11 is 3.91. The van der Waals surface area contributed by atoms with E-state index in [9.17, 15) is 0 Å². The first kappa shape index (κ1) is 29.7. The lowest BCUT2D eigenvalue weighted by Crippen LogP contribution is -2.58. The molecule has 240 valence electrons. The molecule has 0 radical (unpaired) electrons. The molecule has 0 spiro atoms. The Labute approximate surface area is 307 Å². The van der Waals surface area contributed by atoms with Gasteiger partial charge in [0, 0.05) is 19.6 Å². The molecule has 0 bridgehead atoms. The molecule has 0 saturated heterocycles. The fraction of sp³-hybridized carbons (Fsp3) is 0.0833. The predicted octanol–water partition coefficient (Wildman–Crippen LogP) is 11.8. The quantitative estimate of drug-likeness (QED) is 0.101. The van der Waals surface area contributed by atoms with Gasteiger partial charge in [0.1, 0.15) is 0 Å². The average Bonchev–Trinajstić information content (AvgIpc) is 3.16. The summed E-state index contributed by atoms with van der Waals surface area (Å²) in [6.45, 7) is 7.21. The SMILES string of the molecule is CC(C)(C)c1cc2c3c(c1)Sc1ccc(-c4ccccc4)cc1B3c1ccc(-c3cc4cccc5c6cccc7cccc(c(c3)c45)c76)cc1S2. The molecule has 3 heteroatoms. The smallest absolute Gasteiger partial charge is 0.0911 e. The van der Waals surface area contributed by atoms with Crippen LogP contribution in [0.4, 0.5) is 0 Å². The summed E-state index contributed by atoms with van der Waals surface area (Å²) in [5.74, 6) is 0.